The Morgan fingerprint density at radius 2 is 1.96 bits per heavy atom. The number of carbonyl (C=O) groups is 3. The Hall–Kier alpha value is -2.61. The minimum atomic E-state index is -0.820. The summed E-state index contributed by atoms with van der Waals surface area (Å²) in [6.45, 7) is 2.74. The molecule has 1 fully saturated rings. The zero-order chi connectivity index (χ0) is 18.7. The highest BCUT2D eigenvalue weighted by Crippen LogP contribution is 2.36. The molecule has 3 rings (SSSR count). The lowest BCUT2D eigenvalue weighted by Gasteiger charge is -2.30. The van der Waals surface area contributed by atoms with Crippen molar-refractivity contribution in [2.75, 3.05) is 25.0 Å². The van der Waals surface area contributed by atoms with Gasteiger partial charge in [0.2, 0.25) is 0 Å². The van der Waals surface area contributed by atoms with Gasteiger partial charge in [0.15, 0.2) is 0 Å². The molecule has 1 saturated heterocycles. The fourth-order valence-corrected chi connectivity index (χ4v) is 4.13. The van der Waals surface area contributed by atoms with Gasteiger partial charge in [0.25, 0.3) is 0 Å². The Morgan fingerprint density at radius 3 is 2.62 bits per heavy atom. The Labute approximate surface area is 154 Å². The monoisotopic (exact) mass is 376 g/mol. The number of piperidine rings is 1. The van der Waals surface area contributed by atoms with E-state index in [0.717, 1.165) is 10.1 Å². The lowest BCUT2D eigenvalue weighted by atomic mass is 9.97. The molecule has 26 heavy (non-hydrogen) atoms. The van der Waals surface area contributed by atoms with Crippen LogP contribution < -0.4 is 5.32 Å². The van der Waals surface area contributed by atoms with E-state index in [9.17, 15) is 14.4 Å². The van der Waals surface area contributed by atoms with Gasteiger partial charge < -0.3 is 14.7 Å². The molecule has 0 bridgehead atoms. The van der Waals surface area contributed by atoms with Crippen LogP contribution in [0.5, 0.6) is 0 Å². The molecule has 0 aliphatic carbocycles. The fourth-order valence-electron chi connectivity index (χ4n) is 3.05. The number of ether oxygens (including phenoxy) is 1. The number of hydrogen-bond donors (Lipinski definition) is 2. The highest BCUT2D eigenvalue weighted by atomic mass is 32.1. The number of anilines is 1. The first kappa shape index (κ1) is 18.2. The molecule has 1 aromatic heterocycles. The maximum atomic E-state index is 12.6. The van der Waals surface area contributed by atoms with Gasteiger partial charge in [0.05, 0.1) is 12.5 Å². The van der Waals surface area contributed by atoms with Gasteiger partial charge in [-0.2, -0.15) is 0 Å². The van der Waals surface area contributed by atoms with Gasteiger partial charge in [-0.05, 0) is 25.8 Å². The highest BCUT2D eigenvalue weighted by Gasteiger charge is 2.28. The summed E-state index contributed by atoms with van der Waals surface area (Å²) in [5.41, 5.74) is 0.362. The van der Waals surface area contributed by atoms with E-state index in [1.807, 2.05) is 24.3 Å². The third kappa shape index (κ3) is 3.65. The molecule has 2 N–H and O–H groups in total. The summed E-state index contributed by atoms with van der Waals surface area (Å²) in [5, 5.41) is 13.1. The molecule has 0 radical (unpaired) electrons. The Bertz CT molecular complexity index is 839. The number of fused-ring (bicyclic) bond motifs is 1. The molecule has 0 unspecified atom stereocenters. The van der Waals surface area contributed by atoms with E-state index in [1.54, 1.807) is 11.8 Å². The number of nitrogens with zero attached hydrogens (tertiary/aromatic N) is 1. The molecule has 8 heteroatoms. The van der Waals surface area contributed by atoms with Crippen LogP contribution in [0, 0.1) is 5.92 Å². The van der Waals surface area contributed by atoms with Crippen LogP contribution in [0.25, 0.3) is 10.1 Å². The number of thiophene rings is 1. The van der Waals surface area contributed by atoms with Crippen molar-refractivity contribution < 1.29 is 24.2 Å². The number of amides is 2. The summed E-state index contributed by atoms with van der Waals surface area (Å²) in [6.07, 6.45) is 0.861. The molecule has 2 aromatic rings. The molecule has 0 spiro atoms. The van der Waals surface area contributed by atoms with Crippen LogP contribution in [0.1, 0.15) is 30.1 Å². The lowest BCUT2D eigenvalue weighted by molar-refractivity contribution is -0.143. The Kier molecular flexibility index (Phi) is 5.41. The predicted molar refractivity (Wildman–Crippen MR) is 98.7 cm³/mol. The maximum Gasteiger partial charge on any atom is 0.341 e. The second-order valence-electron chi connectivity index (χ2n) is 6.05. The number of carboxylic acid groups (broad SMARTS) is 1. The number of likely N-dealkylation sites (tertiary alicyclic amines) is 1. The predicted octanol–water partition coefficient (Wildman–Crippen LogP) is 3.41. The first-order chi connectivity index (χ1) is 12.5. The van der Waals surface area contributed by atoms with Crippen molar-refractivity contribution in [2.45, 2.75) is 19.8 Å². The van der Waals surface area contributed by atoms with Gasteiger partial charge in [-0.1, -0.05) is 18.2 Å². The van der Waals surface area contributed by atoms with Crippen molar-refractivity contribution in [3.8, 4) is 0 Å². The van der Waals surface area contributed by atoms with Crippen molar-refractivity contribution in [3.05, 3.63) is 29.8 Å². The third-order valence-corrected chi connectivity index (χ3v) is 5.51. The summed E-state index contributed by atoms with van der Waals surface area (Å²) in [5.74, 6) is -1.69. The summed E-state index contributed by atoms with van der Waals surface area (Å²) in [6, 6.07) is 7.09. The molecule has 0 saturated carbocycles. The summed E-state index contributed by atoms with van der Waals surface area (Å²) in [4.78, 5) is 37.6. The van der Waals surface area contributed by atoms with E-state index in [1.165, 1.54) is 11.3 Å². The molecule has 2 heterocycles. The smallest absolute Gasteiger partial charge is 0.341 e. The number of urea groups is 1. The first-order valence-corrected chi connectivity index (χ1v) is 9.30. The molecule has 1 aliphatic heterocycles. The summed E-state index contributed by atoms with van der Waals surface area (Å²) < 4.78 is 6.02. The van der Waals surface area contributed by atoms with Crippen LogP contribution >= 0.6 is 11.3 Å². The average Bonchev–Trinajstić information content (AvgIpc) is 2.99. The van der Waals surface area contributed by atoms with Gasteiger partial charge in [-0.15, -0.1) is 11.3 Å². The number of carbonyl (C=O) groups excluding carboxylic acids is 2. The van der Waals surface area contributed by atoms with Crippen molar-refractivity contribution in [3.63, 3.8) is 0 Å². The van der Waals surface area contributed by atoms with Crippen LogP contribution in [-0.2, 0) is 9.53 Å². The third-order valence-electron chi connectivity index (χ3n) is 4.43. The van der Waals surface area contributed by atoms with Crippen LogP contribution in [0.3, 0.4) is 0 Å². The van der Waals surface area contributed by atoms with Crippen LogP contribution in [-0.4, -0.2) is 47.7 Å². The van der Waals surface area contributed by atoms with Crippen LogP contribution in [0.4, 0.5) is 9.80 Å². The SMILES string of the molecule is CCOC(=O)c1c(NC(=O)N2CCC(C(=O)O)CC2)sc2ccccc12. The zero-order valence-electron chi connectivity index (χ0n) is 14.4. The summed E-state index contributed by atoms with van der Waals surface area (Å²) >= 11 is 1.32. The summed E-state index contributed by atoms with van der Waals surface area (Å²) in [7, 11) is 0. The van der Waals surface area contributed by atoms with Crippen LogP contribution in [0.2, 0.25) is 0 Å². The zero-order valence-corrected chi connectivity index (χ0v) is 15.2. The number of aliphatic carboxylic acids is 1. The van der Waals surface area contributed by atoms with E-state index in [-0.39, 0.29) is 12.6 Å². The van der Waals surface area contributed by atoms with E-state index in [2.05, 4.69) is 5.32 Å². The molecule has 0 atom stereocenters. The maximum absolute atomic E-state index is 12.6. The Balaban J connectivity index is 1.80. The highest BCUT2D eigenvalue weighted by molar-refractivity contribution is 7.23. The number of hydrogen-bond acceptors (Lipinski definition) is 5. The van der Waals surface area contributed by atoms with E-state index >= 15 is 0 Å². The second kappa shape index (κ2) is 7.74. The number of carboxylic acids is 1. The van der Waals surface area contributed by atoms with Gasteiger partial charge in [0.1, 0.15) is 10.6 Å². The van der Waals surface area contributed by atoms with Gasteiger partial charge in [-0.25, -0.2) is 9.59 Å². The molecule has 1 aliphatic rings. The molecular formula is C18H20N2O5S. The number of nitrogens with one attached hydrogen (secondary N) is 1. The molecule has 7 nitrogen and oxygen atoms in total. The van der Waals surface area contributed by atoms with Crippen LogP contribution in [0.15, 0.2) is 24.3 Å². The topological polar surface area (TPSA) is 95.9 Å². The lowest BCUT2D eigenvalue weighted by Crippen LogP contribution is -2.42. The van der Waals surface area contributed by atoms with Crippen molar-refractivity contribution >= 4 is 44.4 Å². The van der Waals surface area contributed by atoms with Gasteiger partial charge in [-0.3, -0.25) is 10.1 Å². The molecule has 1 aromatic carbocycles. The minimum Gasteiger partial charge on any atom is -0.481 e. The molecule has 2 amide bonds. The van der Waals surface area contributed by atoms with Crippen molar-refractivity contribution in [1.82, 2.24) is 4.90 Å². The van der Waals surface area contributed by atoms with E-state index in [4.69, 9.17) is 9.84 Å². The minimum absolute atomic E-state index is 0.249. The quantitative estimate of drug-likeness (QED) is 0.797. The molecule has 138 valence electrons. The first-order valence-electron chi connectivity index (χ1n) is 8.48. The largest absolute Gasteiger partial charge is 0.481 e. The number of esters is 1. The Morgan fingerprint density at radius 1 is 1.27 bits per heavy atom. The van der Waals surface area contributed by atoms with E-state index < -0.39 is 17.9 Å². The normalized spacial score (nSPS) is 15.0. The standard InChI is InChI=1S/C18H20N2O5S/c1-2-25-17(23)14-12-5-3-4-6-13(12)26-15(14)19-18(24)20-9-7-11(8-10-20)16(21)22/h3-6,11H,2,7-10H2,1H3,(H,19,24)(H,21,22). The second-order valence-corrected chi connectivity index (χ2v) is 7.10. The van der Waals surface area contributed by atoms with E-state index in [0.29, 0.717) is 36.5 Å². The average molecular weight is 376 g/mol. The van der Waals surface area contributed by atoms with Gasteiger partial charge in [0, 0.05) is 23.2 Å². The number of benzene rings is 1. The van der Waals surface area contributed by atoms with Crippen molar-refractivity contribution in [1.29, 1.82) is 0 Å². The number of rotatable bonds is 4. The fraction of sp³-hybridized carbons (Fsp3) is 0.389. The van der Waals surface area contributed by atoms with Gasteiger partial charge >= 0.3 is 18.0 Å². The molecular weight excluding hydrogens is 356 g/mol. The van der Waals surface area contributed by atoms with Crippen molar-refractivity contribution in [2.24, 2.45) is 5.92 Å².